The van der Waals surface area contributed by atoms with Crippen LogP contribution in [0.2, 0.25) is 10.0 Å². The molecule has 0 aromatic heterocycles. The van der Waals surface area contributed by atoms with Crippen LogP contribution < -0.4 is 4.90 Å². The fourth-order valence-electron chi connectivity index (χ4n) is 2.90. The number of hydrogen-bond acceptors (Lipinski definition) is 5. The number of halogens is 3. The molecule has 5 nitrogen and oxygen atoms in total. The molecule has 0 bridgehead atoms. The summed E-state index contributed by atoms with van der Waals surface area (Å²) in [6.07, 6.45) is 0.228. The van der Waals surface area contributed by atoms with Gasteiger partial charge in [-0.3, -0.25) is 9.69 Å². The minimum absolute atomic E-state index is 0.0774. The number of esters is 1. The van der Waals surface area contributed by atoms with Gasteiger partial charge in [0.15, 0.2) is 5.57 Å². The second-order valence-corrected chi connectivity index (χ2v) is 8.24. The van der Waals surface area contributed by atoms with E-state index in [4.69, 9.17) is 27.9 Å². The van der Waals surface area contributed by atoms with E-state index in [9.17, 15) is 19.2 Å². The van der Waals surface area contributed by atoms with Crippen molar-refractivity contribution in [1.82, 2.24) is 0 Å². The molecule has 154 valence electrons. The van der Waals surface area contributed by atoms with E-state index in [0.29, 0.717) is 21.3 Å². The molecule has 1 atom stereocenters. The molecular formula is C21H15Cl2FN2O3S. The zero-order chi connectivity index (χ0) is 21.8. The van der Waals surface area contributed by atoms with Crippen molar-refractivity contribution in [3.63, 3.8) is 0 Å². The predicted molar refractivity (Wildman–Crippen MR) is 115 cm³/mol. The average molecular weight is 465 g/mol. The lowest BCUT2D eigenvalue weighted by molar-refractivity contribution is -0.138. The lowest BCUT2D eigenvalue weighted by Crippen LogP contribution is -2.30. The van der Waals surface area contributed by atoms with Crippen LogP contribution >= 0.6 is 35.0 Å². The number of amides is 1. The molecule has 0 saturated carbocycles. The summed E-state index contributed by atoms with van der Waals surface area (Å²) in [4.78, 5) is 26.8. The van der Waals surface area contributed by atoms with Crippen LogP contribution in [0.1, 0.15) is 12.5 Å². The van der Waals surface area contributed by atoms with E-state index in [0.717, 1.165) is 11.8 Å². The topological polar surface area (TPSA) is 70.4 Å². The van der Waals surface area contributed by atoms with Crippen LogP contribution in [0.25, 0.3) is 0 Å². The first-order valence-corrected chi connectivity index (χ1v) is 10.5. The van der Waals surface area contributed by atoms with Crippen molar-refractivity contribution < 1.29 is 18.7 Å². The number of benzene rings is 2. The minimum Gasteiger partial charge on any atom is -0.462 e. The Balaban J connectivity index is 2.06. The van der Waals surface area contributed by atoms with Crippen molar-refractivity contribution in [1.29, 1.82) is 5.26 Å². The second-order valence-electron chi connectivity index (χ2n) is 6.21. The molecule has 0 spiro atoms. The van der Waals surface area contributed by atoms with Crippen LogP contribution in [0.4, 0.5) is 10.1 Å². The largest absolute Gasteiger partial charge is 0.462 e. The molecule has 0 radical (unpaired) electrons. The van der Waals surface area contributed by atoms with E-state index < -0.39 is 17.0 Å². The highest BCUT2D eigenvalue weighted by Gasteiger charge is 2.41. The van der Waals surface area contributed by atoms with Gasteiger partial charge in [0.1, 0.15) is 16.9 Å². The molecule has 1 aliphatic heterocycles. The van der Waals surface area contributed by atoms with Crippen LogP contribution in [-0.4, -0.2) is 23.7 Å². The minimum atomic E-state index is -0.830. The van der Waals surface area contributed by atoms with Gasteiger partial charge in [-0.25, -0.2) is 9.18 Å². The van der Waals surface area contributed by atoms with Crippen molar-refractivity contribution in [2.24, 2.45) is 0 Å². The van der Waals surface area contributed by atoms with Crippen LogP contribution in [0.15, 0.2) is 53.1 Å². The van der Waals surface area contributed by atoms with E-state index in [1.807, 2.05) is 6.07 Å². The quantitative estimate of drug-likeness (QED) is 0.348. The summed E-state index contributed by atoms with van der Waals surface area (Å²) < 4.78 is 18.4. The molecule has 1 fully saturated rings. The third-order valence-corrected chi connectivity index (χ3v) is 6.12. The van der Waals surface area contributed by atoms with Gasteiger partial charge in [-0.1, -0.05) is 35.0 Å². The molecule has 30 heavy (non-hydrogen) atoms. The fraction of sp³-hybridized carbons (Fsp3) is 0.190. The monoisotopic (exact) mass is 464 g/mol. The summed E-state index contributed by atoms with van der Waals surface area (Å²) in [5, 5.41) is 9.96. The lowest BCUT2D eigenvalue weighted by Gasteiger charge is -2.18. The van der Waals surface area contributed by atoms with Gasteiger partial charge in [0.25, 0.3) is 0 Å². The highest BCUT2D eigenvalue weighted by Crippen LogP contribution is 2.42. The number of carbonyl (C=O) groups is 2. The molecule has 2 aromatic carbocycles. The number of carbonyl (C=O) groups excluding carboxylic acids is 2. The highest BCUT2D eigenvalue weighted by atomic mass is 35.5. The van der Waals surface area contributed by atoms with Crippen LogP contribution in [0, 0.1) is 17.1 Å². The first kappa shape index (κ1) is 22.2. The van der Waals surface area contributed by atoms with Gasteiger partial charge in [-0.15, -0.1) is 0 Å². The van der Waals surface area contributed by atoms with Gasteiger partial charge in [0, 0.05) is 15.7 Å². The molecule has 3 rings (SSSR count). The number of rotatable bonds is 5. The maximum Gasteiger partial charge on any atom is 0.351 e. The smallest absolute Gasteiger partial charge is 0.351 e. The van der Waals surface area contributed by atoms with Gasteiger partial charge in [0.2, 0.25) is 5.91 Å². The molecule has 0 N–H and O–H groups in total. The summed E-state index contributed by atoms with van der Waals surface area (Å²) in [6.45, 7) is 1.69. The summed E-state index contributed by atoms with van der Waals surface area (Å²) in [5.41, 5.74) is 0.699. The Kier molecular flexibility index (Phi) is 7.03. The first-order valence-electron chi connectivity index (χ1n) is 8.87. The van der Waals surface area contributed by atoms with E-state index in [1.54, 1.807) is 25.1 Å². The fourth-order valence-corrected chi connectivity index (χ4v) is 4.58. The number of nitriles is 1. The van der Waals surface area contributed by atoms with Crippen LogP contribution in [-0.2, 0) is 20.7 Å². The van der Waals surface area contributed by atoms with Gasteiger partial charge in [-0.05, 0) is 61.4 Å². The molecule has 1 aliphatic rings. The Bertz CT molecular complexity index is 1070. The Hall–Kier alpha value is -2.53. The molecular weight excluding hydrogens is 450 g/mol. The number of ether oxygens (including phenoxy) is 1. The van der Waals surface area contributed by atoms with Crippen molar-refractivity contribution in [2.75, 3.05) is 11.5 Å². The molecule has 2 aromatic rings. The Morgan fingerprint density at radius 1 is 1.27 bits per heavy atom. The molecule has 1 saturated heterocycles. The molecule has 1 heterocycles. The third-order valence-electron chi connectivity index (χ3n) is 4.26. The summed E-state index contributed by atoms with van der Waals surface area (Å²) in [5.74, 6) is -1.67. The van der Waals surface area contributed by atoms with Gasteiger partial charge in [-0.2, -0.15) is 5.26 Å². The summed E-state index contributed by atoms with van der Waals surface area (Å²) in [7, 11) is 0. The van der Waals surface area contributed by atoms with E-state index >= 15 is 0 Å². The number of thioether (sulfide) groups is 1. The summed E-state index contributed by atoms with van der Waals surface area (Å²) >= 11 is 13.3. The average Bonchev–Trinajstić information content (AvgIpc) is 3.02. The van der Waals surface area contributed by atoms with E-state index in [1.165, 1.54) is 29.2 Å². The number of anilines is 1. The summed E-state index contributed by atoms with van der Waals surface area (Å²) in [6, 6.07) is 12.0. The Labute approximate surface area is 187 Å². The molecule has 9 heteroatoms. The van der Waals surface area contributed by atoms with Crippen molar-refractivity contribution >= 4 is 52.5 Å². The first-order chi connectivity index (χ1) is 14.3. The third kappa shape index (κ3) is 4.62. The number of hydrogen-bond donors (Lipinski definition) is 0. The highest BCUT2D eigenvalue weighted by molar-refractivity contribution is 8.05. The van der Waals surface area contributed by atoms with E-state index in [2.05, 4.69) is 0 Å². The van der Waals surface area contributed by atoms with E-state index in [-0.39, 0.29) is 29.5 Å². The second kappa shape index (κ2) is 9.52. The maximum absolute atomic E-state index is 13.4. The van der Waals surface area contributed by atoms with Crippen LogP contribution in [0.5, 0.6) is 0 Å². The SMILES string of the molecule is CCOC(=O)/C(C#N)=C1\SC(Cc2cc(Cl)ccc2Cl)C(=O)N1c1ccc(F)cc1. The lowest BCUT2D eigenvalue weighted by atomic mass is 10.1. The van der Waals surface area contributed by atoms with Gasteiger partial charge in [0.05, 0.1) is 11.9 Å². The predicted octanol–water partition coefficient (Wildman–Crippen LogP) is 5.12. The molecule has 0 aliphatic carbocycles. The standard InChI is InChI=1S/C21H15Cl2FN2O3S/c1-2-29-21(28)16(11-25)20-26(15-6-4-14(24)5-7-15)19(27)18(30-20)10-12-9-13(22)3-8-17(12)23/h3-9,18H,2,10H2,1H3/b20-16-. The zero-order valence-corrected chi connectivity index (χ0v) is 18.0. The Morgan fingerprint density at radius 3 is 2.60 bits per heavy atom. The van der Waals surface area contributed by atoms with Crippen LogP contribution in [0.3, 0.4) is 0 Å². The van der Waals surface area contributed by atoms with Crippen molar-refractivity contribution in [3.05, 3.63) is 74.5 Å². The normalized spacial score (nSPS) is 17.6. The maximum atomic E-state index is 13.4. The van der Waals surface area contributed by atoms with Crippen molar-refractivity contribution in [2.45, 2.75) is 18.6 Å². The number of nitrogens with zero attached hydrogens (tertiary/aromatic N) is 2. The van der Waals surface area contributed by atoms with Gasteiger partial charge >= 0.3 is 5.97 Å². The zero-order valence-electron chi connectivity index (χ0n) is 15.7. The van der Waals surface area contributed by atoms with Crippen molar-refractivity contribution in [3.8, 4) is 6.07 Å². The Morgan fingerprint density at radius 2 is 1.97 bits per heavy atom. The molecule has 1 unspecified atom stereocenters. The molecule has 1 amide bonds. The van der Waals surface area contributed by atoms with Gasteiger partial charge < -0.3 is 4.74 Å².